The number of imidazole rings is 1. The molecule has 24 heavy (non-hydrogen) atoms. The van der Waals surface area contributed by atoms with Gasteiger partial charge in [0.05, 0.1) is 18.3 Å². The molecule has 3 heterocycles. The van der Waals surface area contributed by atoms with Crippen LogP contribution in [-0.2, 0) is 17.9 Å². The van der Waals surface area contributed by atoms with Crippen molar-refractivity contribution in [2.75, 3.05) is 19.0 Å². The number of nitrogens with zero attached hydrogens (tertiary/aromatic N) is 4. The number of thiazole rings is 1. The van der Waals surface area contributed by atoms with Crippen LogP contribution in [0.4, 0.5) is 9.93 Å². The van der Waals surface area contributed by atoms with E-state index in [2.05, 4.69) is 26.8 Å². The Balaban J connectivity index is 1.73. The molecule has 1 saturated heterocycles. The minimum atomic E-state index is -0.108. The van der Waals surface area contributed by atoms with Gasteiger partial charge in [-0.05, 0) is 26.2 Å². The van der Waals surface area contributed by atoms with Crippen molar-refractivity contribution in [1.82, 2.24) is 19.4 Å². The number of aryl methyl sites for hydroxylation is 1. The van der Waals surface area contributed by atoms with Crippen LogP contribution in [0.25, 0.3) is 0 Å². The summed E-state index contributed by atoms with van der Waals surface area (Å²) in [6.45, 7) is 4.13. The van der Waals surface area contributed by atoms with E-state index in [1.54, 1.807) is 13.3 Å². The topological polar surface area (TPSA) is 72.3 Å². The summed E-state index contributed by atoms with van der Waals surface area (Å²) in [7, 11) is 1.63. The number of ether oxygens (including phenoxy) is 1. The smallest absolute Gasteiger partial charge is 0.324 e. The molecule has 3 rings (SSSR count). The number of methoxy groups -OCH3 is 1. The number of nitrogens with one attached hydrogen (secondary N) is 1. The van der Waals surface area contributed by atoms with Gasteiger partial charge in [0.1, 0.15) is 5.82 Å². The van der Waals surface area contributed by atoms with Crippen molar-refractivity contribution < 1.29 is 9.53 Å². The molecule has 0 radical (unpaired) electrons. The monoisotopic (exact) mass is 349 g/mol. The second-order valence-electron chi connectivity index (χ2n) is 5.78. The van der Waals surface area contributed by atoms with Crippen molar-refractivity contribution in [1.29, 1.82) is 0 Å². The summed E-state index contributed by atoms with van der Waals surface area (Å²) in [5.74, 6) is 0.964. The predicted octanol–water partition coefficient (Wildman–Crippen LogP) is 3.27. The van der Waals surface area contributed by atoms with Crippen LogP contribution < -0.4 is 5.32 Å². The maximum absolute atomic E-state index is 12.8. The molecule has 0 unspecified atom stereocenters. The van der Waals surface area contributed by atoms with Gasteiger partial charge in [-0.1, -0.05) is 0 Å². The molecule has 2 aromatic rings. The van der Waals surface area contributed by atoms with Crippen molar-refractivity contribution in [3.8, 4) is 0 Å². The molecule has 0 spiro atoms. The Morgan fingerprint density at radius 2 is 2.38 bits per heavy atom. The molecule has 1 fully saturated rings. The second-order valence-corrected chi connectivity index (χ2v) is 6.64. The van der Waals surface area contributed by atoms with Crippen LogP contribution in [-0.4, -0.2) is 39.1 Å². The zero-order chi connectivity index (χ0) is 16.9. The number of hydrogen-bond donors (Lipinski definition) is 1. The Kier molecular flexibility index (Phi) is 5.47. The van der Waals surface area contributed by atoms with Gasteiger partial charge in [-0.15, -0.1) is 11.3 Å². The molecule has 8 heteroatoms. The lowest BCUT2D eigenvalue weighted by Crippen LogP contribution is -2.42. The summed E-state index contributed by atoms with van der Waals surface area (Å²) in [5.41, 5.74) is 0.828. The molecule has 7 nitrogen and oxygen atoms in total. The van der Waals surface area contributed by atoms with Gasteiger partial charge in [-0.3, -0.25) is 5.32 Å². The van der Waals surface area contributed by atoms with Crippen LogP contribution in [0.1, 0.15) is 43.7 Å². The van der Waals surface area contributed by atoms with Crippen molar-refractivity contribution in [3.05, 3.63) is 29.3 Å². The molecule has 1 N–H and O–H groups in total. The minimum Gasteiger partial charge on any atom is -0.378 e. The lowest BCUT2D eigenvalue weighted by molar-refractivity contribution is 0.157. The number of piperidine rings is 1. The summed E-state index contributed by atoms with van der Waals surface area (Å²) < 4.78 is 7.17. The van der Waals surface area contributed by atoms with Gasteiger partial charge in [0.25, 0.3) is 0 Å². The van der Waals surface area contributed by atoms with E-state index in [-0.39, 0.29) is 12.1 Å². The highest BCUT2D eigenvalue weighted by Crippen LogP contribution is 2.30. The van der Waals surface area contributed by atoms with Crippen LogP contribution in [0, 0.1) is 0 Å². The Morgan fingerprint density at radius 3 is 3.17 bits per heavy atom. The third-order valence-electron chi connectivity index (χ3n) is 4.21. The number of rotatable bonds is 5. The Bertz CT molecular complexity index is 684. The lowest BCUT2D eigenvalue weighted by Gasteiger charge is -2.35. The Hall–Kier alpha value is -1.93. The zero-order valence-electron chi connectivity index (χ0n) is 14.1. The molecule has 1 aliphatic rings. The Morgan fingerprint density at radius 1 is 1.50 bits per heavy atom. The first-order valence-corrected chi connectivity index (χ1v) is 9.13. The summed E-state index contributed by atoms with van der Waals surface area (Å²) in [6, 6.07) is -0.0872. The van der Waals surface area contributed by atoms with Crippen LogP contribution >= 0.6 is 11.3 Å². The maximum Gasteiger partial charge on any atom is 0.324 e. The summed E-state index contributed by atoms with van der Waals surface area (Å²) >= 11 is 1.42. The first kappa shape index (κ1) is 16.9. The van der Waals surface area contributed by atoms with Crippen LogP contribution in [0.15, 0.2) is 17.8 Å². The third-order valence-corrected chi connectivity index (χ3v) is 5.01. The number of anilines is 1. The number of aromatic nitrogens is 3. The number of urea groups is 1. The fourth-order valence-electron chi connectivity index (χ4n) is 3.07. The number of likely N-dealkylation sites (tertiary alicyclic amines) is 1. The largest absolute Gasteiger partial charge is 0.378 e. The van der Waals surface area contributed by atoms with Crippen LogP contribution in [0.5, 0.6) is 0 Å². The molecule has 0 saturated carbocycles. The second kappa shape index (κ2) is 7.76. The van der Waals surface area contributed by atoms with E-state index in [1.165, 1.54) is 11.3 Å². The quantitative estimate of drug-likeness (QED) is 0.899. The van der Waals surface area contributed by atoms with Gasteiger partial charge in [0, 0.05) is 38.0 Å². The molecular weight excluding hydrogens is 326 g/mol. The van der Waals surface area contributed by atoms with Gasteiger partial charge in [-0.25, -0.2) is 14.8 Å². The van der Waals surface area contributed by atoms with E-state index in [1.807, 2.05) is 16.5 Å². The number of hydrogen-bond acceptors (Lipinski definition) is 5. The van der Waals surface area contributed by atoms with E-state index >= 15 is 0 Å². The normalized spacial score (nSPS) is 17.9. The van der Waals surface area contributed by atoms with Crippen LogP contribution in [0.2, 0.25) is 0 Å². The molecule has 0 bridgehead atoms. The zero-order valence-corrected chi connectivity index (χ0v) is 14.9. The van der Waals surface area contributed by atoms with E-state index in [4.69, 9.17) is 4.74 Å². The van der Waals surface area contributed by atoms with Gasteiger partial charge in [0.2, 0.25) is 0 Å². The fraction of sp³-hybridized carbons (Fsp3) is 0.562. The molecular formula is C16H23N5O2S. The molecule has 0 aliphatic carbocycles. The van der Waals surface area contributed by atoms with Crippen LogP contribution in [0.3, 0.4) is 0 Å². The summed E-state index contributed by atoms with van der Waals surface area (Å²) in [4.78, 5) is 23.5. The first-order chi connectivity index (χ1) is 11.7. The number of carbonyl (C=O) groups is 1. The molecule has 2 amide bonds. The highest BCUT2D eigenvalue weighted by Gasteiger charge is 2.31. The van der Waals surface area contributed by atoms with Gasteiger partial charge < -0.3 is 14.2 Å². The highest BCUT2D eigenvalue weighted by atomic mass is 32.1. The first-order valence-electron chi connectivity index (χ1n) is 8.25. The highest BCUT2D eigenvalue weighted by molar-refractivity contribution is 7.13. The van der Waals surface area contributed by atoms with Gasteiger partial charge >= 0.3 is 6.03 Å². The molecule has 2 aromatic heterocycles. The minimum absolute atomic E-state index is 0.0205. The standard InChI is InChI=1S/C16H23N5O2S/c1-3-20-9-7-17-14(20)13-6-4-5-8-21(13)16(22)19-15-18-12(10-23-2)11-24-15/h7,9,11,13H,3-6,8,10H2,1-2H3,(H,18,19,22)/t13-/m0/s1. The molecule has 1 aliphatic heterocycles. The van der Waals surface area contributed by atoms with Crippen molar-refractivity contribution in [2.24, 2.45) is 0 Å². The SMILES string of the molecule is CCn1ccnc1[C@@H]1CCCCN1C(=O)Nc1nc(COC)cs1. The summed E-state index contributed by atoms with van der Waals surface area (Å²) in [6.07, 6.45) is 6.85. The van der Waals surface area contributed by atoms with E-state index < -0.39 is 0 Å². The van der Waals surface area contributed by atoms with Gasteiger partial charge in [0.15, 0.2) is 5.13 Å². The van der Waals surface area contributed by atoms with Gasteiger partial charge in [-0.2, -0.15) is 0 Å². The predicted molar refractivity (Wildman–Crippen MR) is 93.0 cm³/mol. The Labute approximate surface area is 145 Å². The van der Waals surface area contributed by atoms with Crippen molar-refractivity contribution in [2.45, 2.75) is 45.4 Å². The lowest BCUT2D eigenvalue weighted by atomic mass is 10.0. The summed E-state index contributed by atoms with van der Waals surface area (Å²) in [5, 5.41) is 5.43. The van der Waals surface area contributed by atoms with E-state index in [0.29, 0.717) is 11.7 Å². The van der Waals surface area contributed by atoms with E-state index in [9.17, 15) is 4.79 Å². The average Bonchev–Trinajstić information content (AvgIpc) is 3.24. The average molecular weight is 349 g/mol. The third kappa shape index (κ3) is 3.59. The fourth-order valence-corrected chi connectivity index (χ4v) is 3.76. The molecule has 130 valence electrons. The number of amides is 2. The molecule has 0 aromatic carbocycles. The number of carbonyl (C=O) groups excluding carboxylic acids is 1. The molecule has 1 atom stereocenters. The van der Waals surface area contributed by atoms with E-state index in [0.717, 1.165) is 43.9 Å². The van der Waals surface area contributed by atoms with Crippen molar-refractivity contribution >= 4 is 22.5 Å². The maximum atomic E-state index is 12.8. The van der Waals surface area contributed by atoms with Crippen molar-refractivity contribution in [3.63, 3.8) is 0 Å².